The number of carbonyl (C=O) groups is 1. The summed E-state index contributed by atoms with van der Waals surface area (Å²) in [7, 11) is 0. The van der Waals surface area contributed by atoms with Gasteiger partial charge in [-0.1, -0.05) is 42.5 Å². The highest BCUT2D eigenvalue weighted by Crippen LogP contribution is 2.49. The lowest BCUT2D eigenvalue weighted by Gasteiger charge is -2.14. The van der Waals surface area contributed by atoms with Gasteiger partial charge < -0.3 is 0 Å². The average Bonchev–Trinajstić information content (AvgIpc) is 2.98. The van der Waals surface area contributed by atoms with Gasteiger partial charge in [0.1, 0.15) is 5.92 Å². The monoisotopic (exact) mass is 348 g/mol. The molecule has 0 saturated carbocycles. The molecule has 3 nitrogen and oxygen atoms in total. The van der Waals surface area contributed by atoms with Gasteiger partial charge in [0.25, 0.3) is 0 Å². The Labute approximate surface area is 152 Å². The smallest absolute Gasteiger partial charge is 0.163 e. The highest BCUT2D eigenvalue weighted by atomic mass is 35.5. The summed E-state index contributed by atoms with van der Waals surface area (Å²) in [6.07, 6.45) is 2.03. The van der Waals surface area contributed by atoms with Gasteiger partial charge in [0.15, 0.2) is 5.78 Å². The van der Waals surface area contributed by atoms with Gasteiger partial charge in [0, 0.05) is 23.8 Å². The van der Waals surface area contributed by atoms with Gasteiger partial charge in [0.05, 0.1) is 12.1 Å². The first-order valence-electron chi connectivity index (χ1n) is 8.33. The van der Waals surface area contributed by atoms with E-state index in [4.69, 9.17) is 11.6 Å². The number of benzene rings is 2. The number of hydrogen-bond acceptors (Lipinski definition) is 3. The molecule has 0 radical (unpaired) electrons. The van der Waals surface area contributed by atoms with Gasteiger partial charge in [-0.25, -0.2) is 0 Å². The summed E-state index contributed by atoms with van der Waals surface area (Å²) in [5.41, 5.74) is 4.37. The zero-order chi connectivity index (χ0) is 17.8. The average molecular weight is 349 g/mol. The zero-order valence-electron chi connectivity index (χ0n) is 13.7. The first-order chi connectivity index (χ1) is 12.2. The predicted octanol–water partition coefficient (Wildman–Crippen LogP) is 5.05. The highest BCUT2D eigenvalue weighted by Gasteiger charge is 2.36. The van der Waals surface area contributed by atoms with Crippen LogP contribution in [-0.2, 0) is 0 Å². The molecule has 1 aliphatic carbocycles. The van der Waals surface area contributed by atoms with Crippen LogP contribution in [0.1, 0.15) is 46.7 Å². The molecule has 4 heteroatoms. The van der Waals surface area contributed by atoms with E-state index in [9.17, 15) is 15.3 Å². The summed E-state index contributed by atoms with van der Waals surface area (Å²) >= 11 is 5.71. The van der Waals surface area contributed by atoms with Crippen LogP contribution in [0, 0.1) is 28.6 Å². The van der Waals surface area contributed by atoms with Gasteiger partial charge in [-0.3, -0.25) is 4.79 Å². The number of halogens is 1. The molecule has 3 rings (SSSR count). The molecular weight excluding hydrogens is 332 g/mol. The number of carbonyl (C=O) groups excluding carboxylic acids is 1. The largest absolute Gasteiger partial charge is 0.294 e. The SMILES string of the molecule is N#CC(C#N)C1c2ccccc2-c2c(C(=O)CCCCCl)cccc21. The number of nitriles is 2. The highest BCUT2D eigenvalue weighted by molar-refractivity contribution is 6.17. The van der Waals surface area contributed by atoms with Crippen molar-refractivity contribution < 1.29 is 4.79 Å². The van der Waals surface area contributed by atoms with Crippen LogP contribution in [0.3, 0.4) is 0 Å². The van der Waals surface area contributed by atoms with Gasteiger partial charge in [-0.05, 0) is 35.1 Å². The van der Waals surface area contributed by atoms with Crippen molar-refractivity contribution in [1.29, 1.82) is 10.5 Å². The Kier molecular flexibility index (Phi) is 5.17. The van der Waals surface area contributed by atoms with Crippen molar-refractivity contribution in [3.05, 3.63) is 59.2 Å². The lowest BCUT2D eigenvalue weighted by molar-refractivity contribution is 0.0980. The Morgan fingerprint density at radius 3 is 2.48 bits per heavy atom. The molecule has 0 saturated heterocycles. The molecule has 1 atom stereocenters. The third-order valence-corrected chi connectivity index (χ3v) is 4.96. The fourth-order valence-corrected chi connectivity index (χ4v) is 3.77. The second kappa shape index (κ2) is 7.51. The molecular formula is C21H17ClN2O. The summed E-state index contributed by atoms with van der Waals surface area (Å²) in [4.78, 5) is 12.7. The Balaban J connectivity index is 2.11. The second-order valence-electron chi connectivity index (χ2n) is 6.14. The van der Waals surface area contributed by atoms with Crippen LogP contribution in [0.2, 0.25) is 0 Å². The first kappa shape index (κ1) is 17.2. The molecule has 0 heterocycles. The molecule has 0 amide bonds. The summed E-state index contributed by atoms with van der Waals surface area (Å²) in [5.74, 6) is -0.444. The van der Waals surface area contributed by atoms with Crippen molar-refractivity contribution in [1.82, 2.24) is 0 Å². The second-order valence-corrected chi connectivity index (χ2v) is 6.52. The van der Waals surface area contributed by atoms with E-state index in [1.165, 1.54) is 0 Å². The number of fused-ring (bicyclic) bond motifs is 3. The fourth-order valence-electron chi connectivity index (χ4n) is 3.58. The van der Waals surface area contributed by atoms with Crippen molar-refractivity contribution in [3.63, 3.8) is 0 Å². The molecule has 25 heavy (non-hydrogen) atoms. The first-order valence-corrected chi connectivity index (χ1v) is 8.87. The lowest BCUT2D eigenvalue weighted by Crippen LogP contribution is -2.09. The number of ketones is 1. The topological polar surface area (TPSA) is 64.7 Å². The zero-order valence-corrected chi connectivity index (χ0v) is 14.5. The molecule has 2 aromatic rings. The minimum atomic E-state index is -0.774. The molecule has 2 aromatic carbocycles. The maximum Gasteiger partial charge on any atom is 0.163 e. The number of hydrogen-bond donors (Lipinski definition) is 0. The van der Waals surface area contributed by atoms with E-state index in [1.807, 2.05) is 42.5 Å². The van der Waals surface area contributed by atoms with Crippen LogP contribution in [0.15, 0.2) is 42.5 Å². The van der Waals surface area contributed by atoms with Crippen molar-refractivity contribution >= 4 is 17.4 Å². The van der Waals surface area contributed by atoms with E-state index in [-0.39, 0.29) is 11.7 Å². The number of rotatable bonds is 6. The number of nitrogens with zero attached hydrogens (tertiary/aromatic N) is 2. The summed E-state index contributed by atoms with van der Waals surface area (Å²) in [6, 6.07) is 17.6. The molecule has 1 aliphatic rings. The molecule has 0 N–H and O–H groups in total. The summed E-state index contributed by atoms with van der Waals surface area (Å²) < 4.78 is 0. The molecule has 0 bridgehead atoms. The van der Waals surface area contributed by atoms with Crippen LogP contribution in [0.4, 0.5) is 0 Å². The van der Waals surface area contributed by atoms with Gasteiger partial charge >= 0.3 is 0 Å². The van der Waals surface area contributed by atoms with Crippen molar-refractivity contribution in [2.24, 2.45) is 5.92 Å². The number of Topliss-reactive ketones (excluding diaryl/α,β-unsaturated/α-hetero) is 1. The van der Waals surface area contributed by atoms with Crippen LogP contribution < -0.4 is 0 Å². The third-order valence-electron chi connectivity index (χ3n) is 4.70. The van der Waals surface area contributed by atoms with Crippen molar-refractivity contribution in [3.8, 4) is 23.3 Å². The summed E-state index contributed by atoms with van der Waals surface area (Å²) in [6.45, 7) is 0. The van der Waals surface area contributed by atoms with E-state index >= 15 is 0 Å². The number of unbranched alkanes of at least 4 members (excludes halogenated alkanes) is 1. The van der Waals surface area contributed by atoms with E-state index in [2.05, 4.69) is 12.1 Å². The quantitative estimate of drug-likeness (QED) is 0.416. The van der Waals surface area contributed by atoms with Gasteiger partial charge in [-0.2, -0.15) is 10.5 Å². The van der Waals surface area contributed by atoms with E-state index in [0.29, 0.717) is 17.9 Å². The van der Waals surface area contributed by atoms with Crippen LogP contribution in [-0.4, -0.2) is 11.7 Å². The maximum absolute atomic E-state index is 12.7. The standard InChI is InChI=1S/C21H17ClN2O/c22-11-4-3-10-19(25)17-8-5-9-18-20(14(12-23)13-24)15-6-1-2-7-16(15)21(17)18/h1-2,5-9,14,20H,3-4,10-11H2. The van der Waals surface area contributed by atoms with Crippen LogP contribution in [0.25, 0.3) is 11.1 Å². The van der Waals surface area contributed by atoms with Crippen LogP contribution in [0.5, 0.6) is 0 Å². The normalized spacial score (nSPS) is 14.5. The molecule has 0 aliphatic heterocycles. The number of alkyl halides is 1. The Morgan fingerprint density at radius 2 is 1.76 bits per heavy atom. The third kappa shape index (κ3) is 3.04. The minimum Gasteiger partial charge on any atom is -0.294 e. The van der Waals surface area contributed by atoms with Crippen LogP contribution >= 0.6 is 11.6 Å². The lowest BCUT2D eigenvalue weighted by atomic mass is 9.85. The Bertz CT molecular complexity index is 877. The van der Waals surface area contributed by atoms with E-state index < -0.39 is 5.92 Å². The molecule has 0 aromatic heterocycles. The Hall–Kier alpha value is -2.62. The van der Waals surface area contributed by atoms with E-state index in [0.717, 1.165) is 35.1 Å². The van der Waals surface area contributed by atoms with Gasteiger partial charge in [0.2, 0.25) is 0 Å². The maximum atomic E-state index is 12.7. The van der Waals surface area contributed by atoms with Crippen molar-refractivity contribution in [2.45, 2.75) is 25.2 Å². The minimum absolute atomic E-state index is 0.0860. The predicted molar refractivity (Wildman–Crippen MR) is 97.3 cm³/mol. The molecule has 124 valence electrons. The van der Waals surface area contributed by atoms with Crippen molar-refractivity contribution in [2.75, 3.05) is 5.88 Å². The summed E-state index contributed by atoms with van der Waals surface area (Å²) in [5, 5.41) is 18.8. The molecule has 1 unspecified atom stereocenters. The van der Waals surface area contributed by atoms with E-state index in [1.54, 1.807) is 0 Å². The Morgan fingerprint density at radius 1 is 1.04 bits per heavy atom. The fraction of sp³-hybridized carbons (Fsp3) is 0.286. The molecule has 0 spiro atoms. The molecule has 0 fully saturated rings. The van der Waals surface area contributed by atoms with Gasteiger partial charge in [-0.15, -0.1) is 11.6 Å².